The SMILES string of the molecule is O=c1[nH]ccnc1CN1CCC2(CCC2)CC1. The average molecular weight is 233 g/mol. The van der Waals surface area contributed by atoms with Gasteiger partial charge in [-0.05, 0) is 44.2 Å². The zero-order valence-electron chi connectivity index (χ0n) is 10.1. The normalized spacial score (nSPS) is 23.5. The van der Waals surface area contributed by atoms with E-state index in [9.17, 15) is 4.79 Å². The number of rotatable bonds is 2. The molecule has 1 N–H and O–H groups in total. The van der Waals surface area contributed by atoms with Crippen molar-refractivity contribution in [1.82, 2.24) is 14.9 Å². The molecule has 17 heavy (non-hydrogen) atoms. The second-order valence-electron chi connectivity index (χ2n) is 5.49. The van der Waals surface area contributed by atoms with Crippen molar-refractivity contribution in [1.29, 1.82) is 0 Å². The van der Waals surface area contributed by atoms with E-state index in [4.69, 9.17) is 0 Å². The van der Waals surface area contributed by atoms with Gasteiger partial charge in [0.05, 0.1) is 0 Å². The molecule has 1 spiro atoms. The Kier molecular flexibility index (Phi) is 2.74. The van der Waals surface area contributed by atoms with Crippen molar-refractivity contribution >= 4 is 0 Å². The van der Waals surface area contributed by atoms with Crippen LogP contribution in [0.1, 0.15) is 37.8 Å². The molecule has 1 aliphatic carbocycles. The molecule has 0 amide bonds. The third-order valence-electron chi connectivity index (χ3n) is 4.49. The van der Waals surface area contributed by atoms with Gasteiger partial charge in [0.1, 0.15) is 5.69 Å². The zero-order chi connectivity index (χ0) is 11.7. The molecule has 1 saturated carbocycles. The molecule has 2 aliphatic rings. The Morgan fingerprint density at radius 2 is 2.06 bits per heavy atom. The first-order valence-electron chi connectivity index (χ1n) is 6.52. The van der Waals surface area contributed by atoms with Gasteiger partial charge in [0.15, 0.2) is 0 Å². The van der Waals surface area contributed by atoms with E-state index in [0.717, 1.165) is 13.1 Å². The number of nitrogens with zero attached hydrogens (tertiary/aromatic N) is 2. The summed E-state index contributed by atoms with van der Waals surface area (Å²) in [4.78, 5) is 20.7. The Hall–Kier alpha value is -1.16. The molecule has 2 fully saturated rings. The average Bonchev–Trinajstić information content (AvgIpc) is 2.31. The quantitative estimate of drug-likeness (QED) is 0.843. The third-order valence-corrected chi connectivity index (χ3v) is 4.49. The summed E-state index contributed by atoms with van der Waals surface area (Å²) >= 11 is 0. The molecule has 2 heterocycles. The van der Waals surface area contributed by atoms with E-state index in [2.05, 4.69) is 14.9 Å². The van der Waals surface area contributed by atoms with Gasteiger partial charge in [-0.1, -0.05) is 6.42 Å². The van der Waals surface area contributed by atoms with Crippen LogP contribution in [0.25, 0.3) is 0 Å². The highest BCUT2D eigenvalue weighted by atomic mass is 16.1. The van der Waals surface area contributed by atoms with Crippen molar-refractivity contribution < 1.29 is 0 Å². The number of aromatic amines is 1. The first kappa shape index (κ1) is 11.0. The molecule has 4 nitrogen and oxygen atoms in total. The third kappa shape index (κ3) is 2.14. The van der Waals surface area contributed by atoms with Crippen LogP contribution in [0.15, 0.2) is 17.2 Å². The second-order valence-corrected chi connectivity index (χ2v) is 5.49. The Labute approximate surface area is 101 Å². The summed E-state index contributed by atoms with van der Waals surface area (Å²) < 4.78 is 0. The van der Waals surface area contributed by atoms with Crippen LogP contribution in [-0.2, 0) is 6.54 Å². The summed E-state index contributed by atoms with van der Waals surface area (Å²) in [5, 5.41) is 0. The maximum atomic E-state index is 11.5. The van der Waals surface area contributed by atoms with Crippen molar-refractivity contribution in [3.63, 3.8) is 0 Å². The molecule has 1 aromatic rings. The molecule has 0 atom stereocenters. The molecule has 4 heteroatoms. The van der Waals surface area contributed by atoms with Crippen molar-refractivity contribution in [3.8, 4) is 0 Å². The Balaban J connectivity index is 1.61. The monoisotopic (exact) mass is 233 g/mol. The standard InChI is InChI=1S/C13H19N3O/c17-12-11(14-6-7-15-12)10-16-8-4-13(5-9-16)2-1-3-13/h6-7H,1-5,8-10H2,(H,15,17). The maximum absolute atomic E-state index is 11.5. The van der Waals surface area contributed by atoms with Gasteiger partial charge in [0.2, 0.25) is 0 Å². The highest BCUT2D eigenvalue weighted by Gasteiger charge is 2.39. The van der Waals surface area contributed by atoms with E-state index >= 15 is 0 Å². The number of H-pyrrole nitrogens is 1. The van der Waals surface area contributed by atoms with Crippen LogP contribution in [0.3, 0.4) is 0 Å². The van der Waals surface area contributed by atoms with Gasteiger partial charge in [-0.25, -0.2) is 0 Å². The van der Waals surface area contributed by atoms with Gasteiger partial charge in [-0.3, -0.25) is 14.7 Å². The van der Waals surface area contributed by atoms with Gasteiger partial charge >= 0.3 is 0 Å². The lowest BCUT2D eigenvalue weighted by atomic mass is 9.63. The molecular weight excluding hydrogens is 214 g/mol. The first-order chi connectivity index (χ1) is 8.27. The molecular formula is C13H19N3O. The van der Waals surface area contributed by atoms with E-state index in [-0.39, 0.29) is 5.56 Å². The molecule has 3 rings (SSSR count). The van der Waals surface area contributed by atoms with Crippen LogP contribution in [0, 0.1) is 5.41 Å². The van der Waals surface area contributed by atoms with Crippen LogP contribution in [0.2, 0.25) is 0 Å². The summed E-state index contributed by atoms with van der Waals surface area (Å²) in [5.41, 5.74) is 1.28. The minimum absolute atomic E-state index is 0.0450. The molecule has 0 aromatic carbocycles. The fourth-order valence-corrected chi connectivity index (χ4v) is 3.07. The van der Waals surface area contributed by atoms with Gasteiger partial charge < -0.3 is 4.98 Å². The number of hydrogen-bond acceptors (Lipinski definition) is 3. The van der Waals surface area contributed by atoms with E-state index < -0.39 is 0 Å². The van der Waals surface area contributed by atoms with Crippen LogP contribution in [0.4, 0.5) is 0 Å². The Morgan fingerprint density at radius 3 is 2.65 bits per heavy atom. The topological polar surface area (TPSA) is 49.0 Å². The lowest BCUT2D eigenvalue weighted by Gasteiger charge is -2.47. The highest BCUT2D eigenvalue weighted by molar-refractivity contribution is 4.98. The predicted octanol–water partition coefficient (Wildman–Crippen LogP) is 1.54. The highest BCUT2D eigenvalue weighted by Crippen LogP contribution is 2.48. The fraction of sp³-hybridized carbons (Fsp3) is 0.692. The maximum Gasteiger partial charge on any atom is 0.270 e. The van der Waals surface area contributed by atoms with Crippen LogP contribution >= 0.6 is 0 Å². The summed E-state index contributed by atoms with van der Waals surface area (Å²) in [5.74, 6) is 0. The van der Waals surface area contributed by atoms with Crippen molar-refractivity contribution in [3.05, 3.63) is 28.4 Å². The molecule has 0 unspecified atom stereocenters. The summed E-state index contributed by atoms with van der Waals surface area (Å²) in [7, 11) is 0. The predicted molar refractivity (Wildman–Crippen MR) is 65.7 cm³/mol. The van der Waals surface area contributed by atoms with E-state index in [1.807, 2.05) is 0 Å². The summed E-state index contributed by atoms with van der Waals surface area (Å²) in [6.07, 6.45) is 10.1. The van der Waals surface area contributed by atoms with Gasteiger partial charge in [0.25, 0.3) is 5.56 Å². The van der Waals surface area contributed by atoms with Gasteiger partial charge in [-0.15, -0.1) is 0 Å². The van der Waals surface area contributed by atoms with Crippen molar-refractivity contribution in [2.45, 2.75) is 38.6 Å². The number of piperidine rings is 1. The van der Waals surface area contributed by atoms with Gasteiger partial charge in [-0.2, -0.15) is 0 Å². The number of hydrogen-bond donors (Lipinski definition) is 1. The van der Waals surface area contributed by atoms with Crippen LogP contribution < -0.4 is 5.56 Å². The zero-order valence-corrected chi connectivity index (χ0v) is 10.1. The minimum atomic E-state index is -0.0450. The van der Waals surface area contributed by atoms with Crippen LogP contribution in [-0.4, -0.2) is 28.0 Å². The van der Waals surface area contributed by atoms with Crippen LogP contribution in [0.5, 0.6) is 0 Å². The number of likely N-dealkylation sites (tertiary alicyclic amines) is 1. The number of nitrogens with one attached hydrogen (secondary N) is 1. The summed E-state index contributed by atoms with van der Waals surface area (Å²) in [6, 6.07) is 0. The van der Waals surface area contributed by atoms with Gasteiger partial charge in [0, 0.05) is 18.9 Å². The second kappa shape index (κ2) is 4.26. The molecule has 0 radical (unpaired) electrons. The smallest absolute Gasteiger partial charge is 0.270 e. The fourth-order valence-electron chi connectivity index (χ4n) is 3.07. The Bertz CT molecular complexity index is 440. The minimum Gasteiger partial charge on any atom is -0.326 e. The molecule has 0 bridgehead atoms. The van der Waals surface area contributed by atoms with Crippen molar-refractivity contribution in [2.24, 2.45) is 5.41 Å². The molecule has 1 aromatic heterocycles. The lowest BCUT2D eigenvalue weighted by Crippen LogP contribution is -2.43. The number of aromatic nitrogens is 2. The first-order valence-corrected chi connectivity index (χ1v) is 6.52. The summed E-state index contributed by atoms with van der Waals surface area (Å²) in [6.45, 7) is 2.94. The van der Waals surface area contributed by atoms with E-state index in [1.54, 1.807) is 12.4 Å². The Morgan fingerprint density at radius 1 is 1.29 bits per heavy atom. The molecule has 1 saturated heterocycles. The molecule has 1 aliphatic heterocycles. The van der Waals surface area contributed by atoms with E-state index in [1.165, 1.54) is 32.1 Å². The lowest BCUT2D eigenvalue weighted by molar-refractivity contribution is 0.0299. The van der Waals surface area contributed by atoms with E-state index in [0.29, 0.717) is 17.7 Å². The molecule has 92 valence electrons. The largest absolute Gasteiger partial charge is 0.326 e. The van der Waals surface area contributed by atoms with Crippen molar-refractivity contribution in [2.75, 3.05) is 13.1 Å².